The molecule has 3 amide bonds. The predicted octanol–water partition coefficient (Wildman–Crippen LogP) is 5.05. The highest BCUT2D eigenvalue weighted by Gasteiger charge is 2.60. The minimum Gasteiger partial charge on any atom is -0.445 e. The minimum atomic E-state index is -1.16. The molecule has 0 radical (unpaired) electrons. The second-order valence-corrected chi connectivity index (χ2v) is 10.6. The predicted molar refractivity (Wildman–Crippen MR) is 141 cm³/mol. The van der Waals surface area contributed by atoms with Crippen LogP contribution in [0, 0.1) is 5.41 Å². The van der Waals surface area contributed by atoms with Gasteiger partial charge in [-0.05, 0) is 37.0 Å². The number of halogens is 1. The largest absolute Gasteiger partial charge is 0.445 e. The molecular formula is C28H36ClN3O4. The first-order valence-corrected chi connectivity index (χ1v) is 12.8. The van der Waals surface area contributed by atoms with Gasteiger partial charge in [0.25, 0.3) is 11.8 Å². The summed E-state index contributed by atoms with van der Waals surface area (Å²) in [6.45, 7) is 6.64. The first-order chi connectivity index (χ1) is 17.1. The molecule has 7 nitrogen and oxygen atoms in total. The van der Waals surface area contributed by atoms with Crippen molar-refractivity contribution >= 4 is 29.5 Å². The third-order valence-corrected chi connectivity index (χ3v) is 6.97. The molecule has 2 aromatic carbocycles. The Hall–Kier alpha value is -3.06. The van der Waals surface area contributed by atoms with Gasteiger partial charge in [0.2, 0.25) is 0 Å². The molecular weight excluding hydrogens is 478 g/mol. The maximum Gasteiger partial charge on any atom is 0.407 e. The Bertz CT molecular complexity index is 1040. The smallest absolute Gasteiger partial charge is 0.407 e. The van der Waals surface area contributed by atoms with E-state index in [0.29, 0.717) is 31.4 Å². The summed E-state index contributed by atoms with van der Waals surface area (Å²) in [5, 5.41) is 2.75. The fourth-order valence-corrected chi connectivity index (χ4v) is 5.24. The van der Waals surface area contributed by atoms with Crippen LogP contribution in [0.1, 0.15) is 56.0 Å². The number of amides is 3. The number of benzene rings is 2. The molecule has 0 aromatic heterocycles. The lowest BCUT2D eigenvalue weighted by Crippen LogP contribution is -2.57. The Labute approximate surface area is 218 Å². The first kappa shape index (κ1) is 27.5. The number of hydrogen-bond donors (Lipinski definition) is 1. The summed E-state index contributed by atoms with van der Waals surface area (Å²) in [6.07, 6.45) is 0.675. The van der Waals surface area contributed by atoms with Crippen LogP contribution < -0.4 is 5.32 Å². The van der Waals surface area contributed by atoms with Gasteiger partial charge >= 0.3 is 6.09 Å². The van der Waals surface area contributed by atoms with Gasteiger partial charge in [-0.15, -0.1) is 11.6 Å². The van der Waals surface area contributed by atoms with E-state index < -0.39 is 17.8 Å². The number of nitrogens with one attached hydrogen (secondary N) is 1. The number of carbonyl (C=O) groups is 3. The lowest BCUT2D eigenvalue weighted by atomic mass is 9.88. The Morgan fingerprint density at radius 1 is 1.03 bits per heavy atom. The molecule has 0 aliphatic carbocycles. The Morgan fingerprint density at radius 3 is 2.22 bits per heavy atom. The zero-order valence-corrected chi connectivity index (χ0v) is 22.3. The molecule has 2 unspecified atom stereocenters. The highest BCUT2D eigenvalue weighted by Crippen LogP contribution is 2.43. The summed E-state index contributed by atoms with van der Waals surface area (Å²) < 4.78 is 5.24. The molecule has 8 heteroatoms. The third kappa shape index (κ3) is 6.01. The zero-order chi connectivity index (χ0) is 26.3. The number of ether oxygens (including phenoxy) is 1. The number of likely N-dealkylation sites (N-methyl/N-ethyl adjacent to an activating group) is 1. The number of unbranched alkanes of at least 4 members (excludes halogenated alkanes) is 1. The van der Waals surface area contributed by atoms with E-state index >= 15 is 0 Å². The lowest BCUT2D eigenvalue weighted by Gasteiger charge is -2.42. The van der Waals surface area contributed by atoms with E-state index in [1.165, 1.54) is 0 Å². The number of rotatable bonds is 9. The molecule has 0 bridgehead atoms. The molecule has 2 aromatic rings. The fourth-order valence-electron chi connectivity index (χ4n) is 4.87. The van der Waals surface area contributed by atoms with Crippen molar-refractivity contribution in [3.63, 3.8) is 0 Å². The third-order valence-electron chi connectivity index (χ3n) is 6.53. The van der Waals surface area contributed by atoms with E-state index in [4.69, 9.17) is 16.3 Å². The van der Waals surface area contributed by atoms with Gasteiger partial charge in [0, 0.05) is 24.6 Å². The minimum absolute atomic E-state index is 0.00608. The second kappa shape index (κ2) is 11.8. The highest BCUT2D eigenvalue weighted by atomic mass is 35.5. The van der Waals surface area contributed by atoms with Crippen LogP contribution in [-0.4, -0.2) is 58.9 Å². The average Bonchev–Trinajstić information content (AvgIpc) is 3.10. The highest BCUT2D eigenvalue weighted by molar-refractivity contribution is 6.21. The van der Waals surface area contributed by atoms with E-state index in [1.807, 2.05) is 69.3 Å². The van der Waals surface area contributed by atoms with E-state index in [-0.39, 0.29) is 29.7 Å². The molecule has 3 rings (SSSR count). The van der Waals surface area contributed by atoms with Crippen LogP contribution in [0.4, 0.5) is 4.79 Å². The van der Waals surface area contributed by atoms with Crippen molar-refractivity contribution < 1.29 is 19.1 Å². The zero-order valence-electron chi connectivity index (χ0n) is 21.5. The summed E-state index contributed by atoms with van der Waals surface area (Å²) in [4.78, 5) is 42.7. The van der Waals surface area contributed by atoms with Gasteiger partial charge in [0.15, 0.2) is 0 Å². The van der Waals surface area contributed by atoms with Crippen LogP contribution in [0.2, 0.25) is 0 Å². The quantitative estimate of drug-likeness (QED) is 0.376. The van der Waals surface area contributed by atoms with Crippen molar-refractivity contribution in [2.75, 3.05) is 19.5 Å². The molecule has 2 atom stereocenters. The standard InChI is InChI=1S/C28H36ClN3O4/c1-27(2,3)24-31(4)25(34)28(20-29,32(24)23(33)22-15-9-6-10-16-22)17-11-12-18-30-26(35)36-19-21-13-7-5-8-14-21/h5-10,13-16,24H,11-12,17-20H2,1-4H3,(H,30,35). The molecule has 36 heavy (non-hydrogen) atoms. The van der Waals surface area contributed by atoms with Crippen molar-refractivity contribution in [1.82, 2.24) is 15.1 Å². The molecule has 1 saturated heterocycles. The van der Waals surface area contributed by atoms with Gasteiger partial charge in [0.05, 0.1) is 5.88 Å². The van der Waals surface area contributed by atoms with Crippen LogP contribution in [0.15, 0.2) is 60.7 Å². The van der Waals surface area contributed by atoms with Crippen LogP contribution in [-0.2, 0) is 16.1 Å². The molecule has 0 spiro atoms. The summed E-state index contributed by atoms with van der Waals surface area (Å²) >= 11 is 6.50. The summed E-state index contributed by atoms with van der Waals surface area (Å²) in [5.74, 6) is -0.373. The van der Waals surface area contributed by atoms with Crippen molar-refractivity contribution in [3.8, 4) is 0 Å². The first-order valence-electron chi connectivity index (χ1n) is 12.3. The van der Waals surface area contributed by atoms with Gasteiger partial charge in [-0.2, -0.15) is 0 Å². The van der Waals surface area contributed by atoms with Gasteiger partial charge in [-0.3, -0.25) is 9.59 Å². The van der Waals surface area contributed by atoms with Crippen LogP contribution >= 0.6 is 11.6 Å². The van der Waals surface area contributed by atoms with E-state index in [1.54, 1.807) is 29.0 Å². The van der Waals surface area contributed by atoms with E-state index in [0.717, 1.165) is 5.56 Å². The van der Waals surface area contributed by atoms with Crippen molar-refractivity contribution in [1.29, 1.82) is 0 Å². The van der Waals surface area contributed by atoms with Crippen LogP contribution in [0.5, 0.6) is 0 Å². The van der Waals surface area contributed by atoms with Crippen molar-refractivity contribution in [3.05, 3.63) is 71.8 Å². The summed E-state index contributed by atoms with van der Waals surface area (Å²) in [5.41, 5.74) is -0.105. The van der Waals surface area contributed by atoms with Gasteiger partial charge in [0.1, 0.15) is 18.3 Å². The van der Waals surface area contributed by atoms with Crippen LogP contribution in [0.25, 0.3) is 0 Å². The monoisotopic (exact) mass is 513 g/mol. The molecule has 1 N–H and O–H groups in total. The number of carbonyl (C=O) groups excluding carboxylic acids is 3. The maximum atomic E-state index is 13.8. The Kier molecular flexibility index (Phi) is 9.01. The topological polar surface area (TPSA) is 79.0 Å². The Morgan fingerprint density at radius 2 is 1.64 bits per heavy atom. The Balaban J connectivity index is 1.66. The second-order valence-electron chi connectivity index (χ2n) is 10.3. The summed E-state index contributed by atoms with van der Waals surface area (Å²) in [7, 11) is 1.74. The van der Waals surface area contributed by atoms with Crippen LogP contribution in [0.3, 0.4) is 0 Å². The van der Waals surface area contributed by atoms with Gasteiger partial charge in [-0.25, -0.2) is 4.79 Å². The molecule has 194 valence electrons. The molecule has 1 fully saturated rings. The number of alkyl halides is 1. The van der Waals surface area contributed by atoms with Crippen molar-refractivity contribution in [2.45, 2.75) is 58.3 Å². The molecule has 0 saturated carbocycles. The van der Waals surface area contributed by atoms with Gasteiger partial charge in [-0.1, -0.05) is 69.3 Å². The molecule has 1 aliphatic rings. The fraction of sp³-hybridized carbons (Fsp3) is 0.464. The van der Waals surface area contributed by atoms with E-state index in [9.17, 15) is 14.4 Å². The molecule has 1 aliphatic heterocycles. The van der Waals surface area contributed by atoms with E-state index in [2.05, 4.69) is 5.32 Å². The summed E-state index contributed by atoms with van der Waals surface area (Å²) in [6, 6.07) is 18.5. The van der Waals surface area contributed by atoms with Crippen molar-refractivity contribution in [2.24, 2.45) is 5.41 Å². The average molecular weight is 514 g/mol. The number of nitrogens with zero attached hydrogens (tertiary/aromatic N) is 2. The number of alkyl carbamates (subject to hydrolysis) is 1. The molecule has 1 heterocycles. The van der Waals surface area contributed by atoms with Gasteiger partial charge < -0.3 is 19.9 Å². The number of hydrogen-bond acceptors (Lipinski definition) is 4. The lowest BCUT2D eigenvalue weighted by molar-refractivity contribution is -0.132. The normalized spacial score (nSPS) is 19.9. The SMILES string of the molecule is CN1C(=O)C(CCl)(CCCCNC(=O)OCc2ccccc2)N(C(=O)c2ccccc2)C1C(C)(C)C. The maximum absolute atomic E-state index is 13.8.